The van der Waals surface area contributed by atoms with E-state index in [1.807, 2.05) is 0 Å². The smallest absolute Gasteiger partial charge is 0.333 e. The first-order chi connectivity index (χ1) is 14.3. The lowest BCUT2D eigenvalue weighted by Gasteiger charge is -2.28. The summed E-state index contributed by atoms with van der Waals surface area (Å²) >= 11 is 0. The van der Waals surface area contributed by atoms with Gasteiger partial charge in [0.25, 0.3) is 5.91 Å². The number of fused-ring (bicyclic) bond motifs is 1. The van der Waals surface area contributed by atoms with E-state index in [1.54, 1.807) is 19.1 Å². The van der Waals surface area contributed by atoms with E-state index in [0.29, 0.717) is 0 Å². The number of methoxy groups -OCH3 is 1. The van der Waals surface area contributed by atoms with Gasteiger partial charge in [-0.25, -0.2) is 17.6 Å². The molecule has 1 amide bonds. The molecule has 0 aromatic heterocycles. The van der Waals surface area contributed by atoms with E-state index >= 15 is 0 Å². The van der Waals surface area contributed by atoms with Crippen LogP contribution in [0.25, 0.3) is 0 Å². The van der Waals surface area contributed by atoms with Gasteiger partial charge in [0.1, 0.15) is 4.90 Å². The summed E-state index contributed by atoms with van der Waals surface area (Å²) in [5.74, 6) is -2.44. The second kappa shape index (κ2) is 8.67. The molecule has 0 fully saturated rings. The average Bonchev–Trinajstić information content (AvgIpc) is 2.71. The second-order valence-electron chi connectivity index (χ2n) is 6.28. The van der Waals surface area contributed by atoms with Gasteiger partial charge in [-0.05, 0) is 36.8 Å². The summed E-state index contributed by atoms with van der Waals surface area (Å²) in [6.07, 6.45) is -1.38. The summed E-state index contributed by atoms with van der Waals surface area (Å²) in [7, 11) is -2.66. The molecule has 2 aromatic carbocycles. The number of anilines is 1. The molecule has 2 aromatic rings. The predicted octanol–water partition coefficient (Wildman–Crippen LogP) is 1.28. The third kappa shape index (κ3) is 4.36. The van der Waals surface area contributed by atoms with E-state index in [9.17, 15) is 22.4 Å². The van der Waals surface area contributed by atoms with Gasteiger partial charge < -0.3 is 20.1 Å². The number of benzene rings is 2. The van der Waals surface area contributed by atoms with Crippen LogP contribution in [0, 0.1) is 5.82 Å². The summed E-state index contributed by atoms with van der Waals surface area (Å²) in [4.78, 5) is 25.2. The summed E-state index contributed by atoms with van der Waals surface area (Å²) in [5.41, 5.74) is 0.346. The Bertz CT molecular complexity index is 1080. The lowest BCUT2D eigenvalue weighted by molar-refractivity contribution is -0.147. The van der Waals surface area contributed by atoms with E-state index in [-0.39, 0.29) is 28.5 Å². The number of para-hydroxylation sites is 1. The van der Waals surface area contributed by atoms with Crippen LogP contribution in [0.5, 0.6) is 5.75 Å². The number of halogens is 1. The first kappa shape index (κ1) is 21.5. The molecule has 0 saturated heterocycles. The van der Waals surface area contributed by atoms with Crippen molar-refractivity contribution in [1.29, 1.82) is 0 Å². The summed E-state index contributed by atoms with van der Waals surface area (Å²) in [6.45, 7) is 1.62. The van der Waals surface area contributed by atoms with Gasteiger partial charge in [0.15, 0.2) is 23.8 Å². The maximum absolute atomic E-state index is 14.1. The minimum Gasteiger partial charge on any atom is -0.494 e. The van der Waals surface area contributed by atoms with Crippen LogP contribution in [-0.4, -0.2) is 40.2 Å². The number of sulfonamides is 1. The summed E-state index contributed by atoms with van der Waals surface area (Å²) in [6, 6.07) is 8.45. The van der Waals surface area contributed by atoms with Crippen LogP contribution in [0.2, 0.25) is 0 Å². The number of amides is 1. The van der Waals surface area contributed by atoms with Crippen LogP contribution >= 0.6 is 0 Å². The van der Waals surface area contributed by atoms with Crippen molar-refractivity contribution in [2.24, 2.45) is 0 Å². The Hall–Kier alpha value is -3.18. The third-order valence-electron chi connectivity index (χ3n) is 4.33. The molecule has 0 bridgehead atoms. The molecule has 9 nitrogen and oxygen atoms in total. The molecule has 2 unspecified atom stereocenters. The van der Waals surface area contributed by atoms with Crippen molar-refractivity contribution in [3.8, 4) is 5.75 Å². The molecule has 11 heteroatoms. The van der Waals surface area contributed by atoms with Gasteiger partial charge in [0.05, 0.1) is 19.4 Å². The first-order valence-electron chi connectivity index (χ1n) is 8.95. The molecule has 1 aliphatic rings. The van der Waals surface area contributed by atoms with Crippen molar-refractivity contribution in [2.45, 2.75) is 24.0 Å². The van der Waals surface area contributed by atoms with Crippen LogP contribution in [0.4, 0.5) is 10.1 Å². The second-order valence-corrected chi connectivity index (χ2v) is 7.96. The molecular weight excluding hydrogens is 417 g/mol. The molecule has 0 spiro atoms. The van der Waals surface area contributed by atoms with Crippen molar-refractivity contribution in [2.75, 3.05) is 19.0 Å². The Kier molecular flexibility index (Phi) is 6.22. The number of esters is 1. The highest BCUT2D eigenvalue weighted by Crippen LogP contribution is 2.26. The van der Waals surface area contributed by atoms with Gasteiger partial charge in [-0.15, -0.1) is 0 Å². The van der Waals surface area contributed by atoms with Gasteiger partial charge in [0, 0.05) is 0 Å². The predicted molar refractivity (Wildman–Crippen MR) is 105 cm³/mol. The maximum atomic E-state index is 14.1. The Morgan fingerprint density at radius 2 is 1.97 bits per heavy atom. The number of hydrogen-bond acceptors (Lipinski definition) is 7. The number of ether oxygens (including phenoxy) is 2. The Morgan fingerprint density at radius 1 is 1.23 bits per heavy atom. The molecule has 2 atom stereocenters. The largest absolute Gasteiger partial charge is 0.494 e. The fourth-order valence-corrected chi connectivity index (χ4v) is 4.21. The summed E-state index contributed by atoms with van der Waals surface area (Å²) < 4.78 is 51.0. The Morgan fingerprint density at radius 3 is 2.63 bits per heavy atom. The Balaban J connectivity index is 1.87. The van der Waals surface area contributed by atoms with Gasteiger partial charge in [-0.2, -0.15) is 4.72 Å². The van der Waals surface area contributed by atoms with Crippen molar-refractivity contribution in [3.05, 3.63) is 53.8 Å². The number of rotatable bonds is 6. The van der Waals surface area contributed by atoms with Gasteiger partial charge in [0.2, 0.25) is 10.0 Å². The van der Waals surface area contributed by atoms with Gasteiger partial charge in [-0.3, -0.25) is 4.79 Å². The van der Waals surface area contributed by atoms with Crippen molar-refractivity contribution < 1.29 is 31.9 Å². The Labute approximate surface area is 172 Å². The van der Waals surface area contributed by atoms with E-state index in [2.05, 4.69) is 15.4 Å². The molecule has 30 heavy (non-hydrogen) atoms. The number of carbonyl (C=O) groups excluding carboxylic acids is 2. The SMILES string of the molecule is CCOC(=O)C(NC(=O)C1Nc2ccccc2S(=O)(=O)N1)c1ccc(OC)c(F)c1. The number of hydrogen-bond donors (Lipinski definition) is 3. The molecule has 1 aliphatic heterocycles. The standard InChI is InChI=1S/C19H20FN3O6S/c1-3-29-19(25)16(11-8-9-14(28-2)12(20)10-11)22-18(24)17-21-13-6-4-5-7-15(13)30(26,27)23-17/h4-10,16-17,21,23H,3H2,1-2H3,(H,22,24). The highest BCUT2D eigenvalue weighted by Gasteiger charge is 2.35. The van der Waals surface area contributed by atoms with Crippen LogP contribution in [-0.2, 0) is 24.3 Å². The topological polar surface area (TPSA) is 123 Å². The third-order valence-corrected chi connectivity index (χ3v) is 5.81. The molecule has 0 radical (unpaired) electrons. The molecular formula is C19H20FN3O6S. The minimum atomic E-state index is -3.95. The fourth-order valence-electron chi connectivity index (χ4n) is 2.93. The highest BCUT2D eigenvalue weighted by molar-refractivity contribution is 7.89. The first-order valence-corrected chi connectivity index (χ1v) is 10.4. The quantitative estimate of drug-likeness (QED) is 0.582. The van der Waals surface area contributed by atoms with Crippen molar-refractivity contribution in [3.63, 3.8) is 0 Å². The van der Waals surface area contributed by atoms with Crippen molar-refractivity contribution >= 4 is 27.6 Å². The average molecular weight is 437 g/mol. The number of carbonyl (C=O) groups is 2. The molecule has 3 N–H and O–H groups in total. The zero-order valence-electron chi connectivity index (χ0n) is 16.1. The maximum Gasteiger partial charge on any atom is 0.333 e. The minimum absolute atomic E-state index is 0.00628. The van der Waals surface area contributed by atoms with Crippen LogP contribution in [0.15, 0.2) is 47.4 Å². The fraction of sp³-hybridized carbons (Fsp3) is 0.263. The molecule has 1 heterocycles. The lowest BCUT2D eigenvalue weighted by Crippen LogP contribution is -2.55. The molecule has 0 aliphatic carbocycles. The van der Waals surface area contributed by atoms with Gasteiger partial charge in [-0.1, -0.05) is 18.2 Å². The number of nitrogens with one attached hydrogen (secondary N) is 3. The van der Waals surface area contributed by atoms with E-state index in [0.717, 1.165) is 6.07 Å². The lowest BCUT2D eigenvalue weighted by atomic mass is 10.1. The van der Waals surface area contributed by atoms with Crippen LogP contribution in [0.3, 0.4) is 0 Å². The molecule has 3 rings (SSSR count). The summed E-state index contributed by atoms with van der Waals surface area (Å²) in [5, 5.41) is 5.17. The van der Waals surface area contributed by atoms with E-state index in [1.165, 1.54) is 31.4 Å². The molecule has 0 saturated carbocycles. The zero-order valence-corrected chi connectivity index (χ0v) is 17.0. The van der Waals surface area contributed by atoms with Gasteiger partial charge >= 0.3 is 5.97 Å². The zero-order chi connectivity index (χ0) is 21.9. The normalized spacial score (nSPS) is 17.8. The van der Waals surface area contributed by atoms with Crippen LogP contribution in [0.1, 0.15) is 18.5 Å². The van der Waals surface area contributed by atoms with E-state index in [4.69, 9.17) is 9.47 Å². The van der Waals surface area contributed by atoms with Crippen molar-refractivity contribution in [1.82, 2.24) is 10.0 Å². The van der Waals surface area contributed by atoms with E-state index < -0.39 is 39.9 Å². The monoisotopic (exact) mass is 437 g/mol. The van der Waals surface area contributed by atoms with Crippen LogP contribution < -0.4 is 20.1 Å². The molecule has 160 valence electrons. The highest BCUT2D eigenvalue weighted by atomic mass is 32.2.